The van der Waals surface area contributed by atoms with E-state index in [1.54, 1.807) is 5.38 Å². The third-order valence-corrected chi connectivity index (χ3v) is 5.95. The number of aromatic nitrogens is 2. The highest BCUT2D eigenvalue weighted by atomic mass is 35.5. The Kier molecular flexibility index (Phi) is 4.51. The van der Waals surface area contributed by atoms with Crippen LogP contribution in [0.25, 0.3) is 10.6 Å². The quantitative estimate of drug-likeness (QED) is 0.736. The zero-order valence-corrected chi connectivity index (χ0v) is 14.3. The maximum atomic E-state index is 13.2. The van der Waals surface area contributed by atoms with Gasteiger partial charge in [-0.25, -0.2) is 18.7 Å². The standard InChI is InChI=1S/C13H10Cl2F2N2OS2/c14-11-10(22-12(15)19-11)7-5-21-9(18-7)3-8(20)6-1-2-13(16,17)4-6/h5-6H,1-4H2. The number of thiazole rings is 2. The largest absolute Gasteiger partial charge is 0.299 e. The van der Waals surface area contributed by atoms with Crippen molar-refractivity contribution in [3.05, 3.63) is 20.0 Å². The van der Waals surface area contributed by atoms with Gasteiger partial charge in [0.15, 0.2) is 9.62 Å². The highest BCUT2D eigenvalue weighted by Gasteiger charge is 2.42. The van der Waals surface area contributed by atoms with Crippen LogP contribution in [0.4, 0.5) is 8.78 Å². The van der Waals surface area contributed by atoms with E-state index in [0.717, 1.165) is 0 Å². The third-order valence-electron chi connectivity index (χ3n) is 3.53. The predicted molar refractivity (Wildman–Crippen MR) is 84.2 cm³/mol. The summed E-state index contributed by atoms with van der Waals surface area (Å²) in [6, 6.07) is 0. The summed E-state index contributed by atoms with van der Waals surface area (Å²) in [5, 5.41) is 2.63. The number of alkyl halides is 2. The van der Waals surface area contributed by atoms with Crippen molar-refractivity contribution in [1.82, 2.24) is 9.97 Å². The molecule has 0 saturated heterocycles. The molecule has 118 valence electrons. The summed E-state index contributed by atoms with van der Waals surface area (Å²) in [5.41, 5.74) is 0.610. The van der Waals surface area contributed by atoms with E-state index in [1.807, 2.05) is 0 Å². The molecule has 1 saturated carbocycles. The minimum absolute atomic E-state index is 0.0789. The maximum absolute atomic E-state index is 13.2. The summed E-state index contributed by atoms with van der Waals surface area (Å²) in [4.78, 5) is 21.0. The lowest BCUT2D eigenvalue weighted by Gasteiger charge is -2.08. The number of hydrogen-bond acceptors (Lipinski definition) is 5. The highest BCUT2D eigenvalue weighted by molar-refractivity contribution is 7.19. The molecule has 0 spiro atoms. The molecule has 9 heteroatoms. The fraction of sp³-hybridized carbons (Fsp3) is 0.462. The van der Waals surface area contributed by atoms with Gasteiger partial charge in [-0.15, -0.1) is 11.3 Å². The van der Waals surface area contributed by atoms with Crippen LogP contribution in [0.2, 0.25) is 9.62 Å². The number of hydrogen-bond donors (Lipinski definition) is 0. The topological polar surface area (TPSA) is 42.9 Å². The Morgan fingerprint density at radius 1 is 1.41 bits per heavy atom. The molecule has 0 radical (unpaired) electrons. The number of rotatable bonds is 4. The van der Waals surface area contributed by atoms with Gasteiger partial charge >= 0.3 is 0 Å². The van der Waals surface area contributed by atoms with Gasteiger partial charge in [0.1, 0.15) is 10.8 Å². The molecule has 0 aromatic carbocycles. The lowest BCUT2D eigenvalue weighted by atomic mass is 10.0. The molecule has 1 atom stereocenters. The normalized spacial score (nSPS) is 20.5. The van der Waals surface area contributed by atoms with Crippen LogP contribution < -0.4 is 0 Å². The predicted octanol–water partition coefficient (Wildman–Crippen LogP) is 5.12. The van der Waals surface area contributed by atoms with Gasteiger partial charge in [0.2, 0.25) is 5.92 Å². The molecule has 0 amide bonds. The third kappa shape index (κ3) is 3.48. The van der Waals surface area contributed by atoms with E-state index in [1.165, 1.54) is 22.7 Å². The fourth-order valence-corrected chi connectivity index (χ4v) is 4.67. The lowest BCUT2D eigenvalue weighted by Crippen LogP contribution is -2.17. The molecule has 2 heterocycles. The second-order valence-corrected chi connectivity index (χ2v) is 8.03. The first-order valence-corrected chi connectivity index (χ1v) is 8.96. The monoisotopic (exact) mass is 382 g/mol. The van der Waals surface area contributed by atoms with Crippen LogP contribution in [0.15, 0.2) is 5.38 Å². The van der Waals surface area contributed by atoms with Crippen LogP contribution in [0, 0.1) is 5.92 Å². The zero-order valence-electron chi connectivity index (χ0n) is 11.1. The summed E-state index contributed by atoms with van der Waals surface area (Å²) >= 11 is 14.3. The molecule has 1 unspecified atom stereocenters. The Balaban J connectivity index is 1.70. The van der Waals surface area contributed by atoms with Gasteiger partial charge < -0.3 is 0 Å². The van der Waals surface area contributed by atoms with Gasteiger partial charge in [-0.3, -0.25) is 4.79 Å². The van der Waals surface area contributed by atoms with Crippen LogP contribution in [-0.2, 0) is 11.2 Å². The Bertz CT molecular complexity index is 717. The van der Waals surface area contributed by atoms with E-state index in [9.17, 15) is 13.6 Å². The van der Waals surface area contributed by atoms with E-state index in [0.29, 0.717) is 20.0 Å². The minimum Gasteiger partial charge on any atom is -0.299 e. The van der Waals surface area contributed by atoms with Gasteiger partial charge in [-0.1, -0.05) is 34.5 Å². The summed E-state index contributed by atoms with van der Waals surface area (Å²) in [5.74, 6) is -3.45. The Morgan fingerprint density at radius 3 is 2.77 bits per heavy atom. The molecular weight excluding hydrogens is 373 g/mol. The second kappa shape index (κ2) is 6.11. The number of Topliss-reactive ketones (excluding diaryl/α,β-unsaturated/α-hetero) is 1. The summed E-state index contributed by atoms with van der Waals surface area (Å²) < 4.78 is 26.7. The smallest absolute Gasteiger partial charge is 0.248 e. The van der Waals surface area contributed by atoms with Crippen molar-refractivity contribution in [2.75, 3.05) is 0 Å². The van der Waals surface area contributed by atoms with E-state index in [4.69, 9.17) is 23.2 Å². The van der Waals surface area contributed by atoms with Crippen molar-refractivity contribution in [2.24, 2.45) is 5.92 Å². The number of ketones is 1. The lowest BCUT2D eigenvalue weighted by molar-refractivity contribution is -0.123. The van der Waals surface area contributed by atoms with Crippen molar-refractivity contribution in [1.29, 1.82) is 0 Å². The van der Waals surface area contributed by atoms with Gasteiger partial charge in [0, 0.05) is 24.1 Å². The van der Waals surface area contributed by atoms with Crippen LogP contribution in [0.1, 0.15) is 24.3 Å². The molecule has 1 aliphatic rings. The van der Waals surface area contributed by atoms with Gasteiger partial charge in [0.25, 0.3) is 0 Å². The van der Waals surface area contributed by atoms with Crippen LogP contribution in [-0.4, -0.2) is 21.7 Å². The molecule has 1 aliphatic carbocycles. The van der Waals surface area contributed by atoms with E-state index >= 15 is 0 Å². The Hall–Kier alpha value is -0.630. The molecule has 0 bridgehead atoms. The number of halogens is 4. The Morgan fingerprint density at radius 2 is 2.18 bits per heavy atom. The number of carbonyl (C=O) groups excluding carboxylic acids is 1. The van der Waals surface area contributed by atoms with E-state index in [2.05, 4.69) is 9.97 Å². The zero-order chi connectivity index (χ0) is 15.9. The summed E-state index contributed by atoms with van der Waals surface area (Å²) in [6.45, 7) is 0. The van der Waals surface area contributed by atoms with Crippen LogP contribution >= 0.6 is 45.9 Å². The van der Waals surface area contributed by atoms with Crippen molar-refractivity contribution < 1.29 is 13.6 Å². The minimum atomic E-state index is -2.71. The summed E-state index contributed by atoms with van der Waals surface area (Å²) in [7, 11) is 0. The molecule has 1 fully saturated rings. The van der Waals surface area contributed by atoms with Crippen molar-refractivity contribution >= 4 is 51.7 Å². The van der Waals surface area contributed by atoms with Crippen molar-refractivity contribution in [3.8, 4) is 10.6 Å². The molecular formula is C13H10Cl2F2N2OS2. The second-order valence-electron chi connectivity index (χ2n) is 5.15. The first-order valence-electron chi connectivity index (χ1n) is 6.51. The molecule has 0 aliphatic heterocycles. The number of nitrogens with zero attached hydrogens (tertiary/aromatic N) is 2. The molecule has 0 N–H and O–H groups in total. The summed E-state index contributed by atoms with van der Waals surface area (Å²) in [6.07, 6.45) is -0.224. The van der Waals surface area contributed by atoms with Crippen molar-refractivity contribution in [2.45, 2.75) is 31.6 Å². The van der Waals surface area contributed by atoms with Gasteiger partial charge in [-0.05, 0) is 6.42 Å². The number of carbonyl (C=O) groups is 1. The van der Waals surface area contributed by atoms with Crippen LogP contribution in [0.5, 0.6) is 0 Å². The highest BCUT2D eigenvalue weighted by Crippen LogP contribution is 2.40. The first kappa shape index (κ1) is 16.2. The van der Waals surface area contributed by atoms with Gasteiger partial charge in [0.05, 0.1) is 17.0 Å². The molecule has 22 heavy (non-hydrogen) atoms. The molecule has 2 aromatic heterocycles. The molecule has 2 aromatic rings. The fourth-order valence-electron chi connectivity index (χ4n) is 2.45. The van der Waals surface area contributed by atoms with E-state index in [-0.39, 0.29) is 36.6 Å². The van der Waals surface area contributed by atoms with Crippen LogP contribution in [0.3, 0.4) is 0 Å². The molecule has 3 rings (SSSR count). The Labute approximate surface area is 143 Å². The first-order chi connectivity index (χ1) is 10.3. The van der Waals surface area contributed by atoms with Gasteiger partial charge in [-0.2, -0.15) is 0 Å². The maximum Gasteiger partial charge on any atom is 0.248 e. The molecule has 3 nitrogen and oxygen atoms in total. The SMILES string of the molecule is O=C(Cc1nc(-c2sc(Cl)nc2Cl)cs1)C1CCC(F)(F)C1. The average molecular weight is 383 g/mol. The average Bonchev–Trinajstić information content (AvgIpc) is 3.09. The van der Waals surface area contributed by atoms with Crippen molar-refractivity contribution in [3.63, 3.8) is 0 Å². The van der Waals surface area contributed by atoms with E-state index < -0.39 is 11.8 Å².